The van der Waals surface area contributed by atoms with Gasteiger partial charge in [-0.2, -0.15) is 15.4 Å². The van der Waals surface area contributed by atoms with E-state index in [4.69, 9.17) is 0 Å². The van der Waals surface area contributed by atoms with Crippen LogP contribution in [0.3, 0.4) is 0 Å². The predicted molar refractivity (Wildman–Crippen MR) is 61.7 cm³/mol. The number of carbonyl (C=O) groups excluding carboxylic acids is 2. The fourth-order valence-corrected chi connectivity index (χ4v) is 2.24. The van der Waals surface area contributed by atoms with Gasteiger partial charge in [-0.25, -0.2) is 0 Å². The van der Waals surface area contributed by atoms with E-state index in [2.05, 4.69) is 20.1 Å². The van der Waals surface area contributed by atoms with Gasteiger partial charge in [-0.1, -0.05) is 12.8 Å². The van der Waals surface area contributed by atoms with Crippen LogP contribution in [0.1, 0.15) is 36.2 Å². The third-order valence-corrected chi connectivity index (χ3v) is 3.19. The van der Waals surface area contributed by atoms with Crippen molar-refractivity contribution in [1.29, 1.82) is 0 Å². The molecule has 0 saturated heterocycles. The molecule has 1 heterocycles. The smallest absolute Gasteiger partial charge is 0.325 e. The van der Waals surface area contributed by atoms with Crippen molar-refractivity contribution in [3.8, 4) is 0 Å². The maximum Gasteiger partial charge on any atom is 0.325 e. The van der Waals surface area contributed by atoms with Gasteiger partial charge < -0.3 is 9.64 Å². The molecule has 1 amide bonds. The first-order valence-corrected chi connectivity index (χ1v) is 5.96. The van der Waals surface area contributed by atoms with Crippen molar-refractivity contribution in [1.82, 2.24) is 20.3 Å². The van der Waals surface area contributed by atoms with Gasteiger partial charge in [0.2, 0.25) is 0 Å². The maximum absolute atomic E-state index is 12.2. The number of methoxy groups -OCH3 is 1. The minimum atomic E-state index is -0.418. The summed E-state index contributed by atoms with van der Waals surface area (Å²) in [4.78, 5) is 25.2. The van der Waals surface area contributed by atoms with E-state index in [1.165, 1.54) is 18.2 Å². The lowest BCUT2D eigenvalue weighted by molar-refractivity contribution is -0.141. The number of amides is 1. The summed E-state index contributed by atoms with van der Waals surface area (Å²) in [7, 11) is 1.32. The number of rotatable bonds is 4. The number of aromatic nitrogens is 3. The van der Waals surface area contributed by atoms with Gasteiger partial charge in [0.05, 0.1) is 13.3 Å². The molecule has 1 N–H and O–H groups in total. The minimum Gasteiger partial charge on any atom is -0.468 e. The van der Waals surface area contributed by atoms with Crippen LogP contribution in [0.5, 0.6) is 0 Å². The Labute approximate surface area is 104 Å². The van der Waals surface area contributed by atoms with E-state index in [1.54, 1.807) is 0 Å². The summed E-state index contributed by atoms with van der Waals surface area (Å²) in [5, 5.41) is 9.77. The molecule has 0 aliphatic heterocycles. The average molecular weight is 252 g/mol. The zero-order chi connectivity index (χ0) is 13.0. The van der Waals surface area contributed by atoms with Crippen molar-refractivity contribution in [3.05, 3.63) is 11.9 Å². The molecule has 1 fully saturated rings. The third-order valence-electron chi connectivity index (χ3n) is 3.19. The SMILES string of the molecule is COC(=O)CN(C(=O)c1cn[nH]n1)C1CCCC1. The van der Waals surface area contributed by atoms with Gasteiger partial charge in [0.15, 0.2) is 5.69 Å². The number of carbonyl (C=O) groups is 2. The van der Waals surface area contributed by atoms with Gasteiger partial charge in [-0.05, 0) is 12.8 Å². The van der Waals surface area contributed by atoms with E-state index in [9.17, 15) is 9.59 Å². The summed E-state index contributed by atoms with van der Waals surface area (Å²) in [5.74, 6) is -0.695. The predicted octanol–water partition coefficient (Wildman–Crippen LogP) is 0.362. The highest BCUT2D eigenvalue weighted by molar-refractivity contribution is 5.94. The summed E-state index contributed by atoms with van der Waals surface area (Å²) in [6.45, 7) is -0.0349. The summed E-state index contributed by atoms with van der Waals surface area (Å²) >= 11 is 0. The number of nitrogens with zero attached hydrogens (tertiary/aromatic N) is 3. The lowest BCUT2D eigenvalue weighted by Gasteiger charge is -2.26. The molecule has 0 unspecified atom stereocenters. The molecule has 1 aromatic heterocycles. The molecule has 0 atom stereocenters. The lowest BCUT2D eigenvalue weighted by atomic mass is 10.2. The van der Waals surface area contributed by atoms with Crippen LogP contribution < -0.4 is 0 Å². The zero-order valence-electron chi connectivity index (χ0n) is 10.3. The molecule has 0 aromatic carbocycles. The number of aromatic amines is 1. The molecular formula is C11H16N4O3. The lowest BCUT2D eigenvalue weighted by Crippen LogP contribution is -2.42. The number of ether oxygens (including phenoxy) is 1. The summed E-state index contributed by atoms with van der Waals surface area (Å²) in [6, 6.07) is 0.0910. The number of hydrogen-bond donors (Lipinski definition) is 1. The maximum atomic E-state index is 12.2. The first kappa shape index (κ1) is 12.5. The highest BCUT2D eigenvalue weighted by atomic mass is 16.5. The van der Waals surface area contributed by atoms with Crippen LogP contribution in [0.4, 0.5) is 0 Å². The number of H-pyrrole nitrogens is 1. The summed E-state index contributed by atoms with van der Waals surface area (Å²) < 4.78 is 4.63. The molecule has 0 radical (unpaired) electrons. The van der Waals surface area contributed by atoms with Crippen LogP contribution in [0, 0.1) is 0 Å². The van der Waals surface area contributed by atoms with E-state index in [0.717, 1.165) is 25.7 Å². The normalized spacial score (nSPS) is 15.6. The number of hydrogen-bond acceptors (Lipinski definition) is 5. The monoisotopic (exact) mass is 252 g/mol. The molecular weight excluding hydrogens is 236 g/mol. The van der Waals surface area contributed by atoms with Gasteiger partial charge >= 0.3 is 5.97 Å². The van der Waals surface area contributed by atoms with Gasteiger partial charge in [0.25, 0.3) is 5.91 Å². The Morgan fingerprint density at radius 3 is 2.78 bits per heavy atom. The highest BCUT2D eigenvalue weighted by Gasteiger charge is 2.30. The summed E-state index contributed by atoms with van der Waals surface area (Å²) in [5.41, 5.74) is 0.228. The van der Waals surface area contributed by atoms with Crippen LogP contribution in [0.2, 0.25) is 0 Å². The Bertz CT molecular complexity index is 412. The Morgan fingerprint density at radius 1 is 1.50 bits per heavy atom. The quantitative estimate of drug-likeness (QED) is 0.782. The average Bonchev–Trinajstić information content (AvgIpc) is 3.06. The van der Waals surface area contributed by atoms with Gasteiger partial charge in [0.1, 0.15) is 6.54 Å². The molecule has 98 valence electrons. The Morgan fingerprint density at radius 2 is 2.22 bits per heavy atom. The van der Waals surface area contributed by atoms with Crippen molar-refractivity contribution in [2.75, 3.05) is 13.7 Å². The minimum absolute atomic E-state index is 0.0349. The molecule has 1 aliphatic carbocycles. The molecule has 2 rings (SSSR count). The second-order valence-corrected chi connectivity index (χ2v) is 4.30. The van der Waals surface area contributed by atoms with Gasteiger partial charge in [0, 0.05) is 6.04 Å². The van der Waals surface area contributed by atoms with Crippen molar-refractivity contribution in [3.63, 3.8) is 0 Å². The van der Waals surface area contributed by atoms with Crippen molar-refractivity contribution in [2.45, 2.75) is 31.7 Å². The number of nitrogens with one attached hydrogen (secondary N) is 1. The van der Waals surface area contributed by atoms with Crippen LogP contribution in [-0.4, -0.2) is 51.9 Å². The molecule has 1 aliphatic rings. The number of esters is 1. The topological polar surface area (TPSA) is 88.2 Å². The van der Waals surface area contributed by atoms with Crippen molar-refractivity contribution in [2.24, 2.45) is 0 Å². The molecule has 1 aromatic rings. The highest BCUT2D eigenvalue weighted by Crippen LogP contribution is 2.24. The first-order chi connectivity index (χ1) is 8.72. The van der Waals surface area contributed by atoms with Crippen LogP contribution >= 0.6 is 0 Å². The molecule has 0 bridgehead atoms. The fraction of sp³-hybridized carbons (Fsp3) is 0.636. The van der Waals surface area contributed by atoms with Crippen LogP contribution in [-0.2, 0) is 9.53 Å². The summed E-state index contributed by atoms with van der Waals surface area (Å²) in [6.07, 6.45) is 5.35. The Kier molecular flexibility index (Phi) is 3.91. The molecule has 7 heteroatoms. The van der Waals surface area contributed by atoms with E-state index in [1.807, 2.05) is 0 Å². The first-order valence-electron chi connectivity index (χ1n) is 5.96. The van der Waals surface area contributed by atoms with E-state index < -0.39 is 5.97 Å². The van der Waals surface area contributed by atoms with E-state index >= 15 is 0 Å². The van der Waals surface area contributed by atoms with Crippen molar-refractivity contribution >= 4 is 11.9 Å². The largest absolute Gasteiger partial charge is 0.468 e. The molecule has 1 saturated carbocycles. The van der Waals surface area contributed by atoms with Crippen LogP contribution in [0.25, 0.3) is 0 Å². The van der Waals surface area contributed by atoms with Crippen LogP contribution in [0.15, 0.2) is 6.20 Å². The zero-order valence-corrected chi connectivity index (χ0v) is 10.3. The van der Waals surface area contributed by atoms with Gasteiger partial charge in [-0.3, -0.25) is 9.59 Å². The second kappa shape index (κ2) is 5.61. The van der Waals surface area contributed by atoms with Crippen molar-refractivity contribution < 1.29 is 14.3 Å². The fourth-order valence-electron chi connectivity index (χ4n) is 2.24. The second-order valence-electron chi connectivity index (χ2n) is 4.30. The van der Waals surface area contributed by atoms with Gasteiger partial charge in [-0.15, -0.1) is 0 Å². The Hall–Kier alpha value is -1.92. The molecule has 0 spiro atoms. The van der Waals surface area contributed by atoms with E-state index in [0.29, 0.717) is 0 Å². The Balaban J connectivity index is 2.13. The molecule has 18 heavy (non-hydrogen) atoms. The molecule has 7 nitrogen and oxygen atoms in total. The third kappa shape index (κ3) is 2.66. The van der Waals surface area contributed by atoms with E-state index in [-0.39, 0.29) is 24.2 Å². The standard InChI is InChI=1S/C11H16N4O3/c1-18-10(16)7-15(8-4-2-3-5-8)11(17)9-6-12-14-13-9/h6,8H,2-5,7H2,1H3,(H,12,13,14).